The lowest BCUT2D eigenvalue weighted by Crippen LogP contribution is -2.32. The fraction of sp³-hybridized carbons (Fsp3) is 0.417. The summed E-state index contributed by atoms with van der Waals surface area (Å²) in [5.74, 6) is 0.812. The molecular formula is C12H13Cl2N3O2S. The molecule has 20 heavy (non-hydrogen) atoms. The van der Waals surface area contributed by atoms with Crippen LogP contribution < -0.4 is 10.0 Å². The minimum Gasteiger partial charge on any atom is -0.316 e. The number of halogens is 2. The minimum absolute atomic E-state index is 0. The topological polar surface area (TPSA) is 82.0 Å². The molecule has 2 unspecified atom stereocenters. The van der Waals surface area contributed by atoms with Crippen molar-refractivity contribution in [2.24, 2.45) is 11.8 Å². The second-order valence-electron chi connectivity index (χ2n) is 4.89. The smallest absolute Gasteiger partial charge is 0.240 e. The summed E-state index contributed by atoms with van der Waals surface area (Å²) >= 11 is 5.86. The van der Waals surface area contributed by atoms with Crippen molar-refractivity contribution in [2.45, 2.75) is 10.9 Å². The summed E-state index contributed by atoms with van der Waals surface area (Å²) in [4.78, 5) is 0.106. The summed E-state index contributed by atoms with van der Waals surface area (Å²) in [5, 5.41) is 12.1. The van der Waals surface area contributed by atoms with Crippen molar-refractivity contribution in [2.75, 3.05) is 13.1 Å². The molecule has 1 aliphatic heterocycles. The second-order valence-corrected chi connectivity index (χ2v) is 7.01. The van der Waals surface area contributed by atoms with E-state index in [1.165, 1.54) is 18.2 Å². The van der Waals surface area contributed by atoms with Crippen LogP contribution in [0, 0.1) is 23.2 Å². The molecule has 8 heteroatoms. The molecule has 5 nitrogen and oxygen atoms in total. The molecule has 0 amide bonds. The van der Waals surface area contributed by atoms with Gasteiger partial charge in [0.1, 0.15) is 6.07 Å². The van der Waals surface area contributed by atoms with Crippen LogP contribution >= 0.6 is 24.0 Å². The number of hydrogen-bond acceptors (Lipinski definition) is 4. The Morgan fingerprint density at radius 2 is 2.00 bits per heavy atom. The Bertz CT molecular complexity index is 662. The number of hydrogen-bond donors (Lipinski definition) is 2. The molecule has 0 spiro atoms. The van der Waals surface area contributed by atoms with Crippen LogP contribution in [0.5, 0.6) is 0 Å². The summed E-state index contributed by atoms with van der Waals surface area (Å²) in [7, 11) is -3.56. The summed E-state index contributed by atoms with van der Waals surface area (Å²) in [6, 6.07) is 6.08. The maximum atomic E-state index is 12.2. The van der Waals surface area contributed by atoms with Gasteiger partial charge in [-0.2, -0.15) is 5.26 Å². The number of rotatable bonds is 3. The molecule has 3 rings (SSSR count). The lowest BCUT2D eigenvalue weighted by molar-refractivity contribution is 0.565. The number of nitrogens with one attached hydrogen (secondary N) is 2. The fourth-order valence-electron chi connectivity index (χ4n) is 2.59. The third kappa shape index (κ3) is 2.65. The van der Waals surface area contributed by atoms with Crippen molar-refractivity contribution in [1.82, 2.24) is 10.0 Å². The van der Waals surface area contributed by atoms with E-state index in [0.29, 0.717) is 11.8 Å². The predicted molar refractivity (Wildman–Crippen MR) is 77.4 cm³/mol. The van der Waals surface area contributed by atoms with Gasteiger partial charge in [-0.25, -0.2) is 13.1 Å². The Balaban J connectivity index is 0.00000147. The van der Waals surface area contributed by atoms with E-state index in [2.05, 4.69) is 10.0 Å². The lowest BCUT2D eigenvalue weighted by atomic mass is 10.2. The van der Waals surface area contributed by atoms with Crippen LogP contribution in [0.1, 0.15) is 5.56 Å². The zero-order valence-electron chi connectivity index (χ0n) is 10.3. The van der Waals surface area contributed by atoms with Crippen LogP contribution in [0.2, 0.25) is 5.02 Å². The first-order valence-electron chi connectivity index (χ1n) is 5.95. The minimum atomic E-state index is -3.56. The third-order valence-corrected chi connectivity index (χ3v) is 5.52. The Kier molecular flexibility index (Phi) is 4.28. The SMILES string of the molecule is Cl.N#Cc1ccc(S(=O)(=O)NC2C3CNCC32)cc1Cl. The van der Waals surface area contributed by atoms with Gasteiger partial charge in [0.15, 0.2) is 0 Å². The molecule has 0 bridgehead atoms. The van der Waals surface area contributed by atoms with Gasteiger partial charge in [-0.15, -0.1) is 12.4 Å². The Labute approximate surface area is 128 Å². The first kappa shape index (κ1) is 15.5. The van der Waals surface area contributed by atoms with Crippen molar-refractivity contribution in [3.8, 4) is 6.07 Å². The molecule has 1 aromatic carbocycles. The van der Waals surface area contributed by atoms with E-state index in [1.807, 2.05) is 6.07 Å². The van der Waals surface area contributed by atoms with Crippen LogP contribution in [0.25, 0.3) is 0 Å². The number of piperidine rings is 1. The molecule has 2 N–H and O–H groups in total. The molecule has 2 fully saturated rings. The predicted octanol–water partition coefficient (Wildman–Crippen LogP) is 1.13. The molecule has 1 aliphatic carbocycles. The van der Waals surface area contributed by atoms with Gasteiger partial charge in [0.05, 0.1) is 15.5 Å². The molecule has 1 heterocycles. The quantitative estimate of drug-likeness (QED) is 0.868. The Morgan fingerprint density at radius 1 is 1.35 bits per heavy atom. The fourth-order valence-corrected chi connectivity index (χ4v) is 4.25. The molecule has 1 aromatic rings. The first-order valence-corrected chi connectivity index (χ1v) is 7.82. The van der Waals surface area contributed by atoms with E-state index in [4.69, 9.17) is 16.9 Å². The van der Waals surface area contributed by atoms with E-state index < -0.39 is 10.0 Å². The molecule has 1 saturated heterocycles. The van der Waals surface area contributed by atoms with E-state index in [-0.39, 0.29) is 33.9 Å². The second kappa shape index (κ2) is 5.51. The van der Waals surface area contributed by atoms with E-state index in [9.17, 15) is 8.42 Å². The molecular weight excluding hydrogens is 321 g/mol. The van der Waals surface area contributed by atoms with Crippen LogP contribution in [-0.4, -0.2) is 27.5 Å². The summed E-state index contributed by atoms with van der Waals surface area (Å²) in [5.41, 5.74) is 0.271. The highest BCUT2D eigenvalue weighted by Crippen LogP contribution is 2.42. The van der Waals surface area contributed by atoms with Crippen LogP contribution in [0.15, 0.2) is 23.1 Å². The standard InChI is InChI=1S/C12H12ClN3O2S.ClH/c13-11-3-8(2-1-7(11)4-14)19(17,18)16-12-9-5-15-6-10(9)12;/h1-3,9-10,12,15-16H,5-6H2;1H. The summed E-state index contributed by atoms with van der Waals surface area (Å²) in [6.45, 7) is 1.73. The number of sulfonamides is 1. The zero-order chi connectivity index (χ0) is 13.6. The third-order valence-electron chi connectivity index (χ3n) is 3.75. The Morgan fingerprint density at radius 3 is 2.55 bits per heavy atom. The van der Waals surface area contributed by atoms with E-state index in [1.54, 1.807) is 0 Å². The highest BCUT2D eigenvalue weighted by molar-refractivity contribution is 7.89. The van der Waals surface area contributed by atoms with E-state index in [0.717, 1.165) is 13.1 Å². The maximum Gasteiger partial charge on any atom is 0.240 e. The molecule has 1 saturated carbocycles. The number of fused-ring (bicyclic) bond motifs is 1. The summed E-state index contributed by atoms with van der Waals surface area (Å²) < 4.78 is 27.1. The number of nitriles is 1. The molecule has 0 radical (unpaired) electrons. The normalized spacial score (nSPS) is 27.3. The van der Waals surface area contributed by atoms with E-state index >= 15 is 0 Å². The van der Waals surface area contributed by atoms with Gasteiger partial charge in [0, 0.05) is 6.04 Å². The van der Waals surface area contributed by atoms with Gasteiger partial charge in [-0.1, -0.05) is 11.6 Å². The Hall–Kier alpha value is -0.840. The van der Waals surface area contributed by atoms with Crippen molar-refractivity contribution in [1.29, 1.82) is 5.26 Å². The van der Waals surface area contributed by atoms with Crippen LogP contribution in [-0.2, 0) is 10.0 Å². The van der Waals surface area contributed by atoms with Gasteiger partial charge in [-0.3, -0.25) is 0 Å². The lowest BCUT2D eigenvalue weighted by Gasteiger charge is -2.09. The molecule has 0 aromatic heterocycles. The zero-order valence-corrected chi connectivity index (χ0v) is 12.7. The van der Waals surface area contributed by atoms with Gasteiger partial charge in [-0.05, 0) is 43.1 Å². The average molecular weight is 334 g/mol. The molecule has 2 atom stereocenters. The highest BCUT2D eigenvalue weighted by Gasteiger charge is 2.54. The number of nitrogens with zero attached hydrogens (tertiary/aromatic N) is 1. The molecule has 2 aliphatic rings. The maximum absolute atomic E-state index is 12.2. The van der Waals surface area contributed by atoms with Gasteiger partial charge in [0.25, 0.3) is 0 Å². The van der Waals surface area contributed by atoms with Crippen molar-refractivity contribution in [3.05, 3.63) is 28.8 Å². The monoisotopic (exact) mass is 333 g/mol. The van der Waals surface area contributed by atoms with Crippen molar-refractivity contribution in [3.63, 3.8) is 0 Å². The van der Waals surface area contributed by atoms with Crippen LogP contribution in [0.4, 0.5) is 0 Å². The first-order chi connectivity index (χ1) is 9.03. The van der Waals surface area contributed by atoms with Crippen molar-refractivity contribution >= 4 is 34.0 Å². The van der Waals surface area contributed by atoms with Crippen LogP contribution in [0.3, 0.4) is 0 Å². The largest absolute Gasteiger partial charge is 0.316 e. The summed E-state index contributed by atoms with van der Waals surface area (Å²) in [6.07, 6.45) is 0. The number of benzene rings is 1. The van der Waals surface area contributed by atoms with Gasteiger partial charge >= 0.3 is 0 Å². The van der Waals surface area contributed by atoms with Crippen molar-refractivity contribution < 1.29 is 8.42 Å². The van der Waals surface area contributed by atoms with Gasteiger partial charge in [0.2, 0.25) is 10.0 Å². The molecule has 108 valence electrons. The van der Waals surface area contributed by atoms with Gasteiger partial charge < -0.3 is 5.32 Å². The highest BCUT2D eigenvalue weighted by atomic mass is 35.5. The average Bonchev–Trinajstić information content (AvgIpc) is 2.82.